The number of aromatic nitrogens is 6. The molecule has 0 aliphatic rings. The van der Waals surface area contributed by atoms with Gasteiger partial charge in [-0.05, 0) is 62.6 Å². The zero-order chi connectivity index (χ0) is 25.6. The molecule has 10 heteroatoms. The number of benzene rings is 2. The summed E-state index contributed by atoms with van der Waals surface area (Å²) < 4.78 is 13.5. The van der Waals surface area contributed by atoms with Crippen molar-refractivity contribution in [2.75, 3.05) is 30.4 Å². The molecule has 10 nitrogen and oxygen atoms in total. The Balaban J connectivity index is 1.28. The lowest BCUT2D eigenvalue weighted by molar-refractivity contribution is 0.144. The SMILES string of the molecule is CCOCCCCNc1ncc2ncnc(Nc3ccc(Oc4ccc5c(c4)ncn5C)c(C)c3)c2n1. The van der Waals surface area contributed by atoms with Gasteiger partial charge in [-0.2, -0.15) is 0 Å². The predicted molar refractivity (Wildman–Crippen MR) is 145 cm³/mol. The van der Waals surface area contributed by atoms with Crippen molar-refractivity contribution < 1.29 is 9.47 Å². The van der Waals surface area contributed by atoms with Crippen LogP contribution < -0.4 is 15.4 Å². The molecule has 3 aromatic heterocycles. The van der Waals surface area contributed by atoms with E-state index in [0.29, 0.717) is 22.8 Å². The number of nitrogens with zero attached hydrogens (tertiary/aromatic N) is 6. The van der Waals surface area contributed by atoms with Crippen LogP contribution in [0.15, 0.2) is 55.2 Å². The molecular formula is C27H30N8O2. The van der Waals surface area contributed by atoms with Crippen molar-refractivity contribution in [3.8, 4) is 11.5 Å². The molecule has 0 spiro atoms. The number of anilines is 3. The van der Waals surface area contributed by atoms with Crippen molar-refractivity contribution in [3.05, 3.63) is 60.8 Å². The van der Waals surface area contributed by atoms with Gasteiger partial charge in [0.05, 0.1) is 23.6 Å². The highest BCUT2D eigenvalue weighted by Gasteiger charge is 2.10. The quantitative estimate of drug-likeness (QED) is 0.232. The molecule has 0 saturated heterocycles. The fourth-order valence-corrected chi connectivity index (χ4v) is 3.99. The van der Waals surface area contributed by atoms with E-state index in [1.807, 2.05) is 61.9 Å². The number of fused-ring (bicyclic) bond motifs is 2. The molecule has 0 aliphatic heterocycles. The second kappa shape index (κ2) is 11.2. The van der Waals surface area contributed by atoms with Gasteiger partial charge in [0.25, 0.3) is 0 Å². The molecule has 0 unspecified atom stereocenters. The molecular weight excluding hydrogens is 468 g/mol. The lowest BCUT2D eigenvalue weighted by Gasteiger charge is -2.13. The van der Waals surface area contributed by atoms with Gasteiger partial charge in [0, 0.05) is 38.6 Å². The van der Waals surface area contributed by atoms with Crippen LogP contribution in [0, 0.1) is 6.92 Å². The molecule has 0 amide bonds. The molecule has 3 heterocycles. The van der Waals surface area contributed by atoms with E-state index in [4.69, 9.17) is 9.47 Å². The molecule has 0 aliphatic carbocycles. The summed E-state index contributed by atoms with van der Waals surface area (Å²) in [6.45, 7) is 6.29. The second-order valence-electron chi connectivity index (χ2n) is 8.69. The third kappa shape index (κ3) is 5.75. The molecule has 190 valence electrons. The minimum absolute atomic E-state index is 0.548. The molecule has 2 aromatic carbocycles. The Morgan fingerprint density at radius 3 is 2.76 bits per heavy atom. The van der Waals surface area contributed by atoms with Gasteiger partial charge in [0.15, 0.2) is 5.82 Å². The van der Waals surface area contributed by atoms with E-state index in [1.54, 1.807) is 12.5 Å². The monoisotopic (exact) mass is 498 g/mol. The predicted octanol–water partition coefficient (Wildman–Crippen LogP) is 5.38. The Labute approximate surface area is 215 Å². The van der Waals surface area contributed by atoms with Crippen molar-refractivity contribution in [3.63, 3.8) is 0 Å². The number of rotatable bonds is 11. The zero-order valence-electron chi connectivity index (χ0n) is 21.2. The number of hydrogen-bond acceptors (Lipinski definition) is 9. The van der Waals surface area contributed by atoms with Crippen molar-refractivity contribution in [1.29, 1.82) is 0 Å². The molecule has 0 saturated carbocycles. The second-order valence-corrected chi connectivity index (χ2v) is 8.69. The lowest BCUT2D eigenvalue weighted by atomic mass is 10.2. The van der Waals surface area contributed by atoms with Gasteiger partial charge in [-0.1, -0.05) is 0 Å². The molecule has 5 rings (SSSR count). The number of ether oxygens (including phenoxy) is 2. The number of imidazole rings is 1. The van der Waals surface area contributed by atoms with E-state index in [-0.39, 0.29) is 0 Å². The molecule has 37 heavy (non-hydrogen) atoms. The van der Waals surface area contributed by atoms with Crippen LogP contribution in [0.1, 0.15) is 25.3 Å². The van der Waals surface area contributed by atoms with Crippen LogP contribution in [0.5, 0.6) is 11.5 Å². The smallest absolute Gasteiger partial charge is 0.223 e. The van der Waals surface area contributed by atoms with Crippen LogP contribution in [-0.2, 0) is 11.8 Å². The van der Waals surface area contributed by atoms with Gasteiger partial charge < -0.3 is 24.7 Å². The maximum atomic E-state index is 6.15. The highest BCUT2D eigenvalue weighted by atomic mass is 16.5. The lowest BCUT2D eigenvalue weighted by Crippen LogP contribution is -2.07. The first-order valence-corrected chi connectivity index (χ1v) is 12.4. The summed E-state index contributed by atoms with van der Waals surface area (Å²) in [5, 5.41) is 6.64. The Hall–Kier alpha value is -4.31. The first-order chi connectivity index (χ1) is 18.1. The maximum Gasteiger partial charge on any atom is 0.223 e. The Kier molecular flexibility index (Phi) is 7.36. The summed E-state index contributed by atoms with van der Waals surface area (Å²) >= 11 is 0. The summed E-state index contributed by atoms with van der Waals surface area (Å²) in [5.41, 5.74) is 5.12. The standard InChI is InChI=1S/C27H30N8O2/c1-4-36-12-6-5-11-28-27-29-15-22-25(34-27)26(31-16-30-22)33-19-7-10-24(18(2)13-19)37-20-8-9-23-21(14-20)32-17-35(23)3/h7-10,13-17H,4-6,11-12H2,1-3H3,(H,28,29,34)(H,30,31,33). The molecule has 0 fully saturated rings. The van der Waals surface area contributed by atoms with Gasteiger partial charge in [-0.3, -0.25) is 0 Å². The van der Waals surface area contributed by atoms with E-state index in [2.05, 4.69) is 35.6 Å². The fraction of sp³-hybridized carbons (Fsp3) is 0.296. The largest absolute Gasteiger partial charge is 0.457 e. The van der Waals surface area contributed by atoms with Gasteiger partial charge in [-0.25, -0.2) is 24.9 Å². The minimum Gasteiger partial charge on any atom is -0.457 e. The maximum absolute atomic E-state index is 6.15. The highest BCUT2D eigenvalue weighted by molar-refractivity contribution is 5.87. The van der Waals surface area contributed by atoms with Crippen LogP contribution in [0.2, 0.25) is 0 Å². The van der Waals surface area contributed by atoms with Crippen LogP contribution in [0.4, 0.5) is 17.5 Å². The van der Waals surface area contributed by atoms with E-state index < -0.39 is 0 Å². The van der Waals surface area contributed by atoms with E-state index >= 15 is 0 Å². The minimum atomic E-state index is 0.548. The molecule has 0 bridgehead atoms. The highest BCUT2D eigenvalue weighted by Crippen LogP contribution is 2.30. The number of hydrogen-bond donors (Lipinski definition) is 2. The Morgan fingerprint density at radius 1 is 0.973 bits per heavy atom. The average molecular weight is 499 g/mol. The van der Waals surface area contributed by atoms with Gasteiger partial charge in [0.2, 0.25) is 5.95 Å². The van der Waals surface area contributed by atoms with Gasteiger partial charge in [0.1, 0.15) is 28.9 Å². The average Bonchev–Trinajstić information content (AvgIpc) is 3.28. The van der Waals surface area contributed by atoms with Crippen LogP contribution in [0.3, 0.4) is 0 Å². The van der Waals surface area contributed by atoms with Crippen molar-refractivity contribution >= 4 is 39.5 Å². The number of unbranched alkanes of at least 4 members (excludes halogenated alkanes) is 1. The summed E-state index contributed by atoms with van der Waals surface area (Å²) in [5.74, 6) is 2.67. The zero-order valence-corrected chi connectivity index (χ0v) is 21.2. The number of aryl methyl sites for hydroxylation is 2. The summed E-state index contributed by atoms with van der Waals surface area (Å²) in [6.07, 6.45) is 6.97. The molecule has 0 radical (unpaired) electrons. The van der Waals surface area contributed by atoms with E-state index in [0.717, 1.165) is 66.4 Å². The normalized spacial score (nSPS) is 11.2. The first-order valence-electron chi connectivity index (χ1n) is 12.4. The van der Waals surface area contributed by atoms with Crippen LogP contribution >= 0.6 is 0 Å². The molecule has 0 atom stereocenters. The van der Waals surface area contributed by atoms with Gasteiger partial charge in [-0.15, -0.1) is 0 Å². The molecule has 2 N–H and O–H groups in total. The van der Waals surface area contributed by atoms with Crippen molar-refractivity contribution in [1.82, 2.24) is 29.5 Å². The van der Waals surface area contributed by atoms with Crippen molar-refractivity contribution in [2.24, 2.45) is 7.05 Å². The van der Waals surface area contributed by atoms with E-state index in [9.17, 15) is 0 Å². The topological polar surface area (TPSA) is 112 Å². The number of nitrogens with one attached hydrogen (secondary N) is 2. The molecule has 5 aromatic rings. The fourth-order valence-electron chi connectivity index (χ4n) is 3.99. The summed E-state index contributed by atoms with van der Waals surface area (Å²) in [4.78, 5) is 22.2. The summed E-state index contributed by atoms with van der Waals surface area (Å²) in [6, 6.07) is 11.8. The Bertz CT molecular complexity index is 1520. The third-order valence-electron chi connectivity index (χ3n) is 5.94. The Morgan fingerprint density at radius 2 is 1.89 bits per heavy atom. The first kappa shape index (κ1) is 24.4. The van der Waals surface area contributed by atoms with Crippen LogP contribution in [-0.4, -0.2) is 49.2 Å². The van der Waals surface area contributed by atoms with Crippen molar-refractivity contribution in [2.45, 2.75) is 26.7 Å². The van der Waals surface area contributed by atoms with Crippen LogP contribution in [0.25, 0.3) is 22.1 Å². The van der Waals surface area contributed by atoms with Gasteiger partial charge >= 0.3 is 0 Å². The van der Waals surface area contributed by atoms with E-state index in [1.165, 1.54) is 6.33 Å². The summed E-state index contributed by atoms with van der Waals surface area (Å²) in [7, 11) is 1.97. The third-order valence-corrected chi connectivity index (χ3v) is 5.94.